The zero-order valence-corrected chi connectivity index (χ0v) is 16.6. The summed E-state index contributed by atoms with van der Waals surface area (Å²) < 4.78 is 57.1. The van der Waals surface area contributed by atoms with E-state index in [2.05, 4.69) is 9.82 Å². The fourth-order valence-corrected chi connectivity index (χ4v) is 4.42. The van der Waals surface area contributed by atoms with Crippen molar-refractivity contribution in [2.45, 2.75) is 26.3 Å². The largest absolute Gasteiger partial charge is 0.467 e. The third kappa shape index (κ3) is 4.16. The van der Waals surface area contributed by atoms with Crippen LogP contribution in [0.5, 0.6) is 0 Å². The maximum atomic E-state index is 12.4. The molecule has 1 aliphatic rings. The Morgan fingerprint density at radius 2 is 1.81 bits per heavy atom. The number of furan rings is 1. The molecule has 0 spiro atoms. The van der Waals surface area contributed by atoms with Crippen LogP contribution < -0.4 is 4.72 Å². The summed E-state index contributed by atoms with van der Waals surface area (Å²) in [7, 11) is -6.91. The maximum Gasteiger partial charge on any atom is 0.250 e. The zero-order chi connectivity index (χ0) is 19.7. The number of hydrogen-bond acceptors (Lipinski definition) is 6. The van der Waals surface area contributed by atoms with E-state index in [1.54, 1.807) is 50.2 Å². The van der Waals surface area contributed by atoms with E-state index in [1.165, 1.54) is 6.26 Å². The number of hydrazone groups is 1. The van der Waals surface area contributed by atoms with Gasteiger partial charge in [0, 0.05) is 12.1 Å². The molecular weight excluding hydrogens is 390 g/mol. The molecule has 8 nitrogen and oxygen atoms in total. The molecule has 0 saturated carbocycles. The molecule has 1 atom stereocenters. The van der Waals surface area contributed by atoms with Gasteiger partial charge in [0.05, 0.1) is 23.5 Å². The predicted molar refractivity (Wildman–Crippen MR) is 103 cm³/mol. The van der Waals surface area contributed by atoms with Gasteiger partial charge in [0.2, 0.25) is 20.0 Å². The first-order valence-corrected chi connectivity index (χ1v) is 11.8. The quantitative estimate of drug-likeness (QED) is 0.753. The highest BCUT2D eigenvalue weighted by Gasteiger charge is 2.37. The Kier molecular flexibility index (Phi) is 5.29. The number of anilines is 1. The van der Waals surface area contributed by atoms with Crippen LogP contribution in [0.25, 0.3) is 0 Å². The summed E-state index contributed by atoms with van der Waals surface area (Å²) in [6, 6.07) is 9.59. The van der Waals surface area contributed by atoms with Crippen molar-refractivity contribution in [3.8, 4) is 0 Å². The first kappa shape index (κ1) is 19.4. The number of nitrogens with zero attached hydrogens (tertiary/aromatic N) is 2. The van der Waals surface area contributed by atoms with Crippen LogP contribution >= 0.6 is 0 Å². The fourth-order valence-electron chi connectivity index (χ4n) is 2.73. The minimum atomic E-state index is -3.56. The maximum absolute atomic E-state index is 12.4. The lowest BCUT2D eigenvalue weighted by Gasteiger charge is -2.20. The van der Waals surface area contributed by atoms with Gasteiger partial charge >= 0.3 is 0 Å². The third-order valence-electron chi connectivity index (χ3n) is 4.27. The van der Waals surface area contributed by atoms with Crippen LogP contribution in [0.4, 0.5) is 5.69 Å². The first-order chi connectivity index (χ1) is 12.8. The summed E-state index contributed by atoms with van der Waals surface area (Å²) >= 11 is 0. The average Bonchev–Trinajstić information content (AvgIpc) is 3.32. The van der Waals surface area contributed by atoms with Crippen LogP contribution in [0.1, 0.15) is 37.6 Å². The van der Waals surface area contributed by atoms with E-state index in [4.69, 9.17) is 4.42 Å². The Morgan fingerprint density at radius 3 is 2.37 bits per heavy atom. The number of hydrogen-bond donors (Lipinski definition) is 1. The van der Waals surface area contributed by atoms with Crippen molar-refractivity contribution < 1.29 is 21.3 Å². The number of nitrogens with one attached hydrogen (secondary N) is 1. The monoisotopic (exact) mass is 411 g/mol. The van der Waals surface area contributed by atoms with E-state index in [-0.39, 0.29) is 11.5 Å². The molecule has 1 N–H and O–H groups in total. The van der Waals surface area contributed by atoms with Crippen LogP contribution in [0.15, 0.2) is 52.2 Å². The standard InChI is InChI=1S/C17H21N3O5S2/c1-3-26(21,22)19-14-9-7-13(8-10-14)15-12-16(17-6-5-11-25-17)20(18-15)27(23,24)4-2/h5-11,16,19H,3-4,12H2,1-2H3/t16-/m0/s1. The molecule has 10 heteroatoms. The molecule has 0 unspecified atom stereocenters. The van der Waals surface area contributed by atoms with Gasteiger partial charge < -0.3 is 4.42 Å². The van der Waals surface area contributed by atoms with Gasteiger partial charge in [-0.1, -0.05) is 12.1 Å². The molecule has 0 fully saturated rings. The summed E-state index contributed by atoms with van der Waals surface area (Å²) in [4.78, 5) is 0. The molecule has 0 saturated heterocycles. The van der Waals surface area contributed by atoms with Crippen LogP contribution in [0.3, 0.4) is 0 Å². The van der Waals surface area contributed by atoms with E-state index in [9.17, 15) is 16.8 Å². The van der Waals surface area contributed by atoms with Crippen molar-refractivity contribution in [1.29, 1.82) is 0 Å². The van der Waals surface area contributed by atoms with Crippen molar-refractivity contribution in [3.05, 3.63) is 54.0 Å². The number of benzene rings is 1. The Morgan fingerprint density at radius 1 is 1.11 bits per heavy atom. The zero-order valence-electron chi connectivity index (χ0n) is 15.0. The second-order valence-corrected chi connectivity index (χ2v) is 10.2. The van der Waals surface area contributed by atoms with Gasteiger partial charge in [0.15, 0.2) is 0 Å². The van der Waals surface area contributed by atoms with Crippen molar-refractivity contribution >= 4 is 31.4 Å². The van der Waals surface area contributed by atoms with Crippen molar-refractivity contribution in [3.63, 3.8) is 0 Å². The summed E-state index contributed by atoms with van der Waals surface area (Å²) in [5.41, 5.74) is 1.76. The Hall–Kier alpha value is -2.33. The number of rotatable bonds is 7. The van der Waals surface area contributed by atoms with Gasteiger partial charge in [-0.05, 0) is 43.7 Å². The van der Waals surface area contributed by atoms with Gasteiger partial charge in [-0.2, -0.15) is 9.52 Å². The summed E-state index contributed by atoms with van der Waals surface area (Å²) in [5.74, 6) is 0.438. The van der Waals surface area contributed by atoms with Crippen LogP contribution in [-0.4, -0.2) is 38.5 Å². The predicted octanol–water partition coefficient (Wildman–Crippen LogP) is 2.54. The first-order valence-electron chi connectivity index (χ1n) is 8.49. The summed E-state index contributed by atoms with van der Waals surface area (Å²) in [5, 5.41) is 4.32. The van der Waals surface area contributed by atoms with Crippen molar-refractivity contribution in [2.24, 2.45) is 5.10 Å². The summed E-state index contributed by atoms with van der Waals surface area (Å²) in [6.07, 6.45) is 1.87. The average molecular weight is 412 g/mol. The molecule has 0 aliphatic carbocycles. The van der Waals surface area contributed by atoms with Gasteiger partial charge in [-0.15, -0.1) is 0 Å². The van der Waals surface area contributed by atoms with Crippen LogP contribution in [-0.2, 0) is 20.0 Å². The molecule has 0 bridgehead atoms. The third-order valence-corrected chi connectivity index (χ3v) is 7.21. The van der Waals surface area contributed by atoms with Crippen molar-refractivity contribution in [1.82, 2.24) is 4.41 Å². The molecule has 3 rings (SSSR count). The van der Waals surface area contributed by atoms with Gasteiger partial charge in [-0.25, -0.2) is 16.8 Å². The van der Waals surface area contributed by atoms with E-state index in [1.807, 2.05) is 0 Å². The van der Waals surface area contributed by atoms with Gasteiger partial charge in [-0.3, -0.25) is 4.72 Å². The van der Waals surface area contributed by atoms with E-state index >= 15 is 0 Å². The van der Waals surface area contributed by atoms with E-state index in [0.29, 0.717) is 23.6 Å². The smallest absolute Gasteiger partial charge is 0.250 e. The highest BCUT2D eigenvalue weighted by atomic mass is 32.2. The SMILES string of the molecule is CCS(=O)(=O)Nc1ccc(C2=NN(S(=O)(=O)CC)[C@H](c3ccco3)C2)cc1. The molecule has 0 radical (unpaired) electrons. The Labute approximate surface area is 159 Å². The molecule has 0 amide bonds. The Bertz CT molecular complexity index is 1030. The van der Waals surface area contributed by atoms with E-state index in [0.717, 1.165) is 9.98 Å². The van der Waals surface area contributed by atoms with Gasteiger partial charge in [0.1, 0.15) is 11.8 Å². The van der Waals surface area contributed by atoms with Crippen molar-refractivity contribution in [2.75, 3.05) is 16.2 Å². The topological polar surface area (TPSA) is 109 Å². The molecule has 2 heterocycles. The van der Waals surface area contributed by atoms with E-state index < -0.39 is 26.1 Å². The second kappa shape index (κ2) is 7.35. The lowest BCUT2D eigenvalue weighted by molar-refractivity contribution is 0.320. The number of sulfonamides is 2. The van der Waals surface area contributed by atoms with Crippen LogP contribution in [0.2, 0.25) is 0 Å². The Balaban J connectivity index is 1.89. The fraction of sp³-hybridized carbons (Fsp3) is 0.353. The molecular formula is C17H21N3O5S2. The van der Waals surface area contributed by atoms with Crippen LogP contribution in [0, 0.1) is 0 Å². The molecule has 1 aromatic heterocycles. The second-order valence-electron chi connectivity index (χ2n) is 6.04. The normalized spacial score (nSPS) is 17.8. The molecule has 27 heavy (non-hydrogen) atoms. The molecule has 2 aromatic rings. The summed E-state index contributed by atoms with van der Waals surface area (Å²) in [6.45, 7) is 3.12. The lowest BCUT2D eigenvalue weighted by atomic mass is 10.0. The highest BCUT2D eigenvalue weighted by Crippen LogP contribution is 2.35. The highest BCUT2D eigenvalue weighted by molar-refractivity contribution is 7.92. The minimum absolute atomic E-state index is 0.0177. The molecule has 146 valence electrons. The lowest BCUT2D eigenvalue weighted by Crippen LogP contribution is -2.28. The molecule has 1 aromatic carbocycles. The molecule has 1 aliphatic heterocycles. The minimum Gasteiger partial charge on any atom is -0.467 e. The van der Waals surface area contributed by atoms with Gasteiger partial charge in [0.25, 0.3) is 0 Å².